The molecule has 1 fully saturated rings. The van der Waals surface area contributed by atoms with Gasteiger partial charge in [0.15, 0.2) is 16.9 Å². The molecule has 0 saturated heterocycles. The highest BCUT2D eigenvalue weighted by Crippen LogP contribution is 2.59. The highest BCUT2D eigenvalue weighted by Gasteiger charge is 2.47. The van der Waals surface area contributed by atoms with Crippen LogP contribution in [0, 0.1) is 5.41 Å². The second kappa shape index (κ2) is 11.7. The Labute approximate surface area is 236 Å². The molecule has 2 atom stereocenters. The molecule has 8 nitrogen and oxygen atoms in total. The maximum atomic E-state index is 12.7. The van der Waals surface area contributed by atoms with E-state index in [-0.39, 0.29) is 28.9 Å². The van der Waals surface area contributed by atoms with Crippen molar-refractivity contribution in [3.05, 3.63) is 45.7 Å². The van der Waals surface area contributed by atoms with Crippen molar-refractivity contribution in [1.82, 2.24) is 4.57 Å². The van der Waals surface area contributed by atoms with Gasteiger partial charge in [-0.15, -0.1) is 0 Å². The Morgan fingerprint density at radius 3 is 2.42 bits per heavy atom. The first-order valence-corrected chi connectivity index (χ1v) is 14.4. The number of pyridine rings is 1. The number of carbonyl (C=O) groups is 2. The maximum Gasteiger partial charge on any atom is 0.341 e. The van der Waals surface area contributed by atoms with Gasteiger partial charge in [0.1, 0.15) is 11.2 Å². The van der Waals surface area contributed by atoms with Crippen molar-refractivity contribution in [1.29, 1.82) is 0 Å². The van der Waals surface area contributed by atoms with Gasteiger partial charge in [-0.1, -0.05) is 33.1 Å². The Hall–Kier alpha value is -3.29. The van der Waals surface area contributed by atoms with Crippen molar-refractivity contribution in [3.63, 3.8) is 0 Å². The zero-order chi connectivity index (χ0) is 29.2. The summed E-state index contributed by atoms with van der Waals surface area (Å²) >= 11 is 0. The second-order valence-electron chi connectivity index (χ2n) is 12.8. The summed E-state index contributed by atoms with van der Waals surface area (Å²) in [7, 11) is 1.60. The van der Waals surface area contributed by atoms with Crippen molar-refractivity contribution >= 4 is 11.9 Å². The SMILES string of the molecule is COc1cc2c(cc1OCCCCCCCC(=O)OC(C)(C)C)[C@@H]1CCC(C)(C)[C@@H]1n1cc(C(=O)O)c(=O)cc1-2. The summed E-state index contributed by atoms with van der Waals surface area (Å²) in [6.07, 6.45) is 8.65. The van der Waals surface area contributed by atoms with E-state index in [1.165, 1.54) is 12.3 Å². The van der Waals surface area contributed by atoms with Crippen LogP contribution in [-0.4, -0.2) is 40.9 Å². The van der Waals surface area contributed by atoms with Crippen LogP contribution in [0.5, 0.6) is 11.5 Å². The fourth-order valence-electron chi connectivity index (χ4n) is 6.28. The van der Waals surface area contributed by atoms with Crippen LogP contribution in [0.3, 0.4) is 0 Å². The third-order valence-electron chi connectivity index (χ3n) is 8.11. The molecule has 1 aromatic carbocycles. The first-order valence-electron chi connectivity index (χ1n) is 14.4. The van der Waals surface area contributed by atoms with E-state index in [1.807, 2.05) is 31.4 Å². The minimum atomic E-state index is -1.21. The Balaban J connectivity index is 1.45. The summed E-state index contributed by atoms with van der Waals surface area (Å²) in [5, 5.41) is 9.61. The van der Waals surface area contributed by atoms with Gasteiger partial charge >= 0.3 is 11.9 Å². The average Bonchev–Trinajstić information content (AvgIpc) is 3.18. The quantitative estimate of drug-likeness (QED) is 0.243. The van der Waals surface area contributed by atoms with E-state index >= 15 is 0 Å². The molecular formula is C32H43NO7. The van der Waals surface area contributed by atoms with Gasteiger partial charge in [0.05, 0.1) is 19.4 Å². The number of aromatic carboxylic acids is 1. The normalized spacial score (nSPS) is 18.9. The van der Waals surface area contributed by atoms with Crippen LogP contribution >= 0.6 is 0 Å². The van der Waals surface area contributed by atoms with Crippen LogP contribution in [0.15, 0.2) is 29.2 Å². The van der Waals surface area contributed by atoms with Crippen LogP contribution in [0.2, 0.25) is 0 Å². The van der Waals surface area contributed by atoms with Gasteiger partial charge in [-0.25, -0.2) is 4.79 Å². The topological polar surface area (TPSA) is 104 Å². The number of rotatable bonds is 11. The number of esters is 1. The molecule has 2 heterocycles. The molecule has 1 N–H and O–H groups in total. The van der Waals surface area contributed by atoms with E-state index < -0.39 is 17.0 Å². The number of unbranched alkanes of at least 4 members (excludes halogenated alkanes) is 4. The largest absolute Gasteiger partial charge is 0.493 e. The first-order chi connectivity index (χ1) is 18.8. The Morgan fingerprint density at radius 2 is 1.75 bits per heavy atom. The number of ether oxygens (including phenoxy) is 3. The lowest BCUT2D eigenvalue weighted by Gasteiger charge is -2.40. The average molecular weight is 554 g/mol. The van der Waals surface area contributed by atoms with Crippen molar-refractivity contribution in [2.45, 2.75) is 104 Å². The predicted molar refractivity (Wildman–Crippen MR) is 153 cm³/mol. The molecule has 1 aliphatic carbocycles. The van der Waals surface area contributed by atoms with Crippen LogP contribution in [0.1, 0.15) is 114 Å². The summed E-state index contributed by atoms with van der Waals surface area (Å²) < 4.78 is 19.3. The van der Waals surface area contributed by atoms with Crippen LogP contribution in [0.4, 0.5) is 0 Å². The van der Waals surface area contributed by atoms with Gasteiger partial charge in [0.25, 0.3) is 0 Å². The van der Waals surface area contributed by atoms with E-state index in [2.05, 4.69) is 19.9 Å². The first kappa shape index (κ1) is 29.7. The molecule has 2 aliphatic rings. The molecular weight excluding hydrogens is 510 g/mol. The van der Waals surface area contributed by atoms with E-state index in [1.54, 1.807) is 7.11 Å². The van der Waals surface area contributed by atoms with E-state index in [4.69, 9.17) is 14.2 Å². The fraction of sp³-hybridized carbons (Fsp3) is 0.594. The summed E-state index contributed by atoms with van der Waals surface area (Å²) in [4.78, 5) is 36.3. The number of aromatic nitrogens is 1. The Morgan fingerprint density at radius 1 is 1.05 bits per heavy atom. The van der Waals surface area contributed by atoms with Crippen molar-refractivity contribution in [2.75, 3.05) is 13.7 Å². The number of hydrogen-bond acceptors (Lipinski definition) is 6. The van der Waals surface area contributed by atoms with Gasteiger partial charge in [-0.05, 0) is 69.6 Å². The van der Waals surface area contributed by atoms with Gasteiger partial charge in [0, 0.05) is 36.2 Å². The van der Waals surface area contributed by atoms with Crippen molar-refractivity contribution < 1.29 is 28.9 Å². The van der Waals surface area contributed by atoms with E-state index in [0.717, 1.165) is 61.8 Å². The number of carbonyl (C=O) groups excluding carboxylic acids is 1. The van der Waals surface area contributed by atoms with Crippen molar-refractivity contribution in [2.24, 2.45) is 5.41 Å². The molecule has 0 spiro atoms. The zero-order valence-corrected chi connectivity index (χ0v) is 24.7. The molecule has 0 unspecified atom stereocenters. The number of nitrogens with zero attached hydrogens (tertiary/aromatic N) is 1. The standard InChI is InChI=1S/C32H43NO7/c1-31(2,3)40-28(35)12-10-8-7-9-11-15-39-27-16-21-20-13-14-32(4,5)29(20)33-19-23(30(36)37)25(34)18-24(33)22(21)17-26(27)38-6/h16-20,29H,7-15H2,1-6H3,(H,36,37)/t20-,29+/m0/s1. The maximum absolute atomic E-state index is 12.7. The highest BCUT2D eigenvalue weighted by atomic mass is 16.6. The molecule has 0 radical (unpaired) electrons. The molecule has 0 bridgehead atoms. The molecule has 0 amide bonds. The third-order valence-corrected chi connectivity index (χ3v) is 8.11. The number of hydrogen-bond donors (Lipinski definition) is 1. The molecule has 2 aromatic rings. The van der Waals surface area contributed by atoms with Crippen LogP contribution in [0.25, 0.3) is 11.3 Å². The smallest absolute Gasteiger partial charge is 0.341 e. The Bertz CT molecular complexity index is 1320. The molecule has 1 aliphatic heterocycles. The third kappa shape index (κ3) is 6.37. The van der Waals surface area contributed by atoms with Gasteiger partial charge < -0.3 is 23.9 Å². The summed E-state index contributed by atoms with van der Waals surface area (Å²) in [6.45, 7) is 10.6. The number of benzene rings is 1. The minimum absolute atomic E-state index is 0.0376. The lowest BCUT2D eigenvalue weighted by molar-refractivity contribution is -0.154. The number of carboxylic acid groups (broad SMARTS) is 1. The molecule has 40 heavy (non-hydrogen) atoms. The lowest BCUT2D eigenvalue weighted by atomic mass is 9.77. The fourth-order valence-corrected chi connectivity index (χ4v) is 6.28. The molecule has 1 aromatic heterocycles. The minimum Gasteiger partial charge on any atom is -0.493 e. The van der Waals surface area contributed by atoms with E-state index in [9.17, 15) is 19.5 Å². The molecule has 1 saturated carbocycles. The molecule has 8 heteroatoms. The number of fused-ring (bicyclic) bond motifs is 6. The van der Waals surface area contributed by atoms with Gasteiger partial charge in [0.2, 0.25) is 0 Å². The van der Waals surface area contributed by atoms with Crippen LogP contribution < -0.4 is 14.9 Å². The van der Waals surface area contributed by atoms with Gasteiger partial charge in [-0.2, -0.15) is 0 Å². The number of methoxy groups -OCH3 is 1. The molecule has 218 valence electrons. The summed E-state index contributed by atoms with van der Waals surface area (Å²) in [5.41, 5.74) is 1.53. The van der Waals surface area contributed by atoms with E-state index in [0.29, 0.717) is 24.5 Å². The second-order valence-corrected chi connectivity index (χ2v) is 12.8. The predicted octanol–water partition coefficient (Wildman–Crippen LogP) is 6.74. The van der Waals surface area contributed by atoms with Crippen LogP contribution in [-0.2, 0) is 9.53 Å². The lowest BCUT2D eigenvalue weighted by Crippen LogP contribution is -2.32. The monoisotopic (exact) mass is 553 g/mol. The van der Waals surface area contributed by atoms with Crippen molar-refractivity contribution in [3.8, 4) is 22.8 Å². The highest BCUT2D eigenvalue weighted by molar-refractivity contribution is 5.88. The zero-order valence-electron chi connectivity index (χ0n) is 24.7. The van der Waals surface area contributed by atoms with Gasteiger partial charge in [-0.3, -0.25) is 9.59 Å². The Kier molecular flexibility index (Phi) is 8.66. The summed E-state index contributed by atoms with van der Waals surface area (Å²) in [6, 6.07) is 5.48. The molecule has 4 rings (SSSR count). The number of carboxylic acids is 1. The summed E-state index contributed by atoms with van der Waals surface area (Å²) in [5.74, 6) is 0.112.